The molecule has 0 radical (unpaired) electrons. The summed E-state index contributed by atoms with van der Waals surface area (Å²) in [5, 5.41) is 3.41. The number of hydrogen-bond acceptors (Lipinski definition) is 4. The van der Waals surface area contributed by atoms with E-state index in [4.69, 9.17) is 5.73 Å². The van der Waals surface area contributed by atoms with Crippen LogP contribution in [0.3, 0.4) is 0 Å². The van der Waals surface area contributed by atoms with Gasteiger partial charge < -0.3 is 11.1 Å². The van der Waals surface area contributed by atoms with E-state index in [1.807, 2.05) is 13.0 Å². The molecule has 1 saturated heterocycles. The van der Waals surface area contributed by atoms with E-state index in [2.05, 4.69) is 22.2 Å². The van der Waals surface area contributed by atoms with Crippen molar-refractivity contribution in [1.29, 1.82) is 0 Å². The quantitative estimate of drug-likeness (QED) is 0.719. The molecule has 0 unspecified atom stereocenters. The van der Waals surface area contributed by atoms with Gasteiger partial charge in [-0.25, -0.2) is 9.97 Å². The van der Waals surface area contributed by atoms with Gasteiger partial charge in [-0.15, -0.1) is 0 Å². The summed E-state index contributed by atoms with van der Waals surface area (Å²) in [6, 6.07) is 1.90. The van der Waals surface area contributed by atoms with Crippen molar-refractivity contribution in [2.45, 2.75) is 32.1 Å². The first-order valence-electron chi connectivity index (χ1n) is 5.42. The topological polar surface area (TPSA) is 63.8 Å². The average Bonchev–Trinajstić information content (AvgIpc) is 2.17. The highest BCUT2D eigenvalue weighted by Crippen LogP contribution is 2.29. The fourth-order valence-corrected chi connectivity index (χ4v) is 2.17. The van der Waals surface area contributed by atoms with Crippen LogP contribution in [-0.4, -0.2) is 23.1 Å². The Morgan fingerprint density at radius 1 is 1.47 bits per heavy atom. The zero-order valence-corrected chi connectivity index (χ0v) is 9.38. The van der Waals surface area contributed by atoms with Gasteiger partial charge in [-0.2, -0.15) is 0 Å². The number of nitrogens with two attached hydrogens (primary N) is 1. The molecule has 1 aromatic rings. The molecular weight excluding hydrogens is 188 g/mol. The summed E-state index contributed by atoms with van der Waals surface area (Å²) >= 11 is 0. The molecule has 4 nitrogen and oxygen atoms in total. The first kappa shape index (κ1) is 10.4. The lowest BCUT2D eigenvalue weighted by atomic mass is 9.79. The molecule has 3 N–H and O–H groups in total. The fraction of sp³-hybridized carbons (Fsp3) is 0.636. The monoisotopic (exact) mass is 206 g/mol. The van der Waals surface area contributed by atoms with Gasteiger partial charge in [-0.05, 0) is 26.3 Å². The van der Waals surface area contributed by atoms with E-state index in [-0.39, 0.29) is 5.41 Å². The Balaban J connectivity index is 2.34. The summed E-state index contributed by atoms with van der Waals surface area (Å²) in [5.74, 6) is 1.33. The Labute approximate surface area is 90.3 Å². The number of piperidine rings is 1. The standard InChI is InChI=1S/C11H18N4/c1-8-14-9(6-10(12)15-8)11(2)4-3-5-13-7-11/h6,13H,3-5,7H2,1-2H3,(H2,12,14,15)/t11-/m0/s1. The lowest BCUT2D eigenvalue weighted by molar-refractivity contribution is 0.331. The Morgan fingerprint density at radius 2 is 2.27 bits per heavy atom. The van der Waals surface area contributed by atoms with E-state index >= 15 is 0 Å². The zero-order valence-electron chi connectivity index (χ0n) is 9.38. The molecule has 1 aliphatic rings. The van der Waals surface area contributed by atoms with Crippen LogP contribution in [0.25, 0.3) is 0 Å². The molecule has 0 aliphatic carbocycles. The molecule has 0 saturated carbocycles. The third-order valence-corrected chi connectivity index (χ3v) is 3.07. The van der Waals surface area contributed by atoms with Crippen molar-refractivity contribution in [2.75, 3.05) is 18.8 Å². The van der Waals surface area contributed by atoms with Crippen molar-refractivity contribution in [2.24, 2.45) is 0 Å². The van der Waals surface area contributed by atoms with Gasteiger partial charge in [0.1, 0.15) is 11.6 Å². The third-order valence-electron chi connectivity index (χ3n) is 3.07. The summed E-state index contributed by atoms with van der Waals surface area (Å²) < 4.78 is 0. The molecule has 4 heteroatoms. The van der Waals surface area contributed by atoms with E-state index in [9.17, 15) is 0 Å². The average molecular weight is 206 g/mol. The Hall–Kier alpha value is -1.16. The maximum atomic E-state index is 5.75. The minimum atomic E-state index is 0.111. The number of nitrogen functional groups attached to an aromatic ring is 1. The third kappa shape index (κ3) is 2.09. The Morgan fingerprint density at radius 3 is 2.87 bits per heavy atom. The molecule has 1 fully saturated rings. The lowest BCUT2D eigenvalue weighted by Gasteiger charge is -2.33. The van der Waals surface area contributed by atoms with E-state index in [0.29, 0.717) is 5.82 Å². The molecule has 15 heavy (non-hydrogen) atoms. The summed E-state index contributed by atoms with van der Waals surface area (Å²) in [7, 11) is 0. The van der Waals surface area contributed by atoms with Crippen molar-refractivity contribution < 1.29 is 0 Å². The molecule has 2 rings (SSSR count). The number of nitrogens with zero attached hydrogens (tertiary/aromatic N) is 2. The number of aromatic nitrogens is 2. The molecule has 0 spiro atoms. The second kappa shape index (κ2) is 3.77. The van der Waals surface area contributed by atoms with E-state index in [0.717, 1.165) is 31.0 Å². The van der Waals surface area contributed by atoms with Crippen LogP contribution in [-0.2, 0) is 5.41 Å². The number of nitrogens with one attached hydrogen (secondary N) is 1. The predicted molar refractivity (Wildman–Crippen MR) is 60.6 cm³/mol. The zero-order chi connectivity index (χ0) is 10.9. The van der Waals surface area contributed by atoms with E-state index in [1.165, 1.54) is 6.42 Å². The SMILES string of the molecule is Cc1nc(N)cc([C@@]2(C)CCCNC2)n1. The van der Waals surface area contributed by atoms with Crippen LogP contribution >= 0.6 is 0 Å². The van der Waals surface area contributed by atoms with Crippen molar-refractivity contribution >= 4 is 5.82 Å². The van der Waals surface area contributed by atoms with Crippen LogP contribution < -0.4 is 11.1 Å². The van der Waals surface area contributed by atoms with E-state index < -0.39 is 0 Å². The van der Waals surface area contributed by atoms with Crippen LogP contribution in [0.1, 0.15) is 31.3 Å². The number of aryl methyl sites for hydroxylation is 1. The molecule has 82 valence electrons. The highest BCUT2D eigenvalue weighted by Gasteiger charge is 2.30. The highest BCUT2D eigenvalue weighted by atomic mass is 15.0. The van der Waals surface area contributed by atoms with Crippen molar-refractivity contribution in [3.63, 3.8) is 0 Å². The first-order valence-corrected chi connectivity index (χ1v) is 5.42. The van der Waals surface area contributed by atoms with E-state index in [1.54, 1.807) is 0 Å². The highest BCUT2D eigenvalue weighted by molar-refractivity contribution is 5.33. The largest absolute Gasteiger partial charge is 0.384 e. The number of hydrogen-bond donors (Lipinski definition) is 2. The summed E-state index contributed by atoms with van der Waals surface area (Å²) in [6.07, 6.45) is 2.36. The minimum Gasteiger partial charge on any atom is -0.384 e. The Bertz CT molecular complexity index is 335. The molecule has 0 amide bonds. The van der Waals surface area contributed by atoms with Crippen molar-refractivity contribution in [1.82, 2.24) is 15.3 Å². The van der Waals surface area contributed by atoms with Gasteiger partial charge in [0.25, 0.3) is 0 Å². The van der Waals surface area contributed by atoms with Crippen LogP contribution in [0.4, 0.5) is 5.82 Å². The molecule has 0 bridgehead atoms. The van der Waals surface area contributed by atoms with Crippen molar-refractivity contribution in [3.8, 4) is 0 Å². The van der Waals surface area contributed by atoms with Crippen LogP contribution in [0.15, 0.2) is 6.07 Å². The smallest absolute Gasteiger partial charge is 0.127 e. The van der Waals surface area contributed by atoms with Gasteiger partial charge >= 0.3 is 0 Å². The van der Waals surface area contributed by atoms with Crippen molar-refractivity contribution in [3.05, 3.63) is 17.6 Å². The second-order valence-electron chi connectivity index (χ2n) is 4.57. The van der Waals surface area contributed by atoms with Gasteiger partial charge in [0, 0.05) is 18.0 Å². The summed E-state index contributed by atoms with van der Waals surface area (Å²) in [6.45, 7) is 6.21. The van der Waals surface area contributed by atoms with Crippen LogP contribution in [0.2, 0.25) is 0 Å². The Kier molecular flexibility index (Phi) is 2.61. The second-order valence-corrected chi connectivity index (χ2v) is 4.57. The molecule has 0 aromatic carbocycles. The number of rotatable bonds is 1. The molecular formula is C11H18N4. The first-order chi connectivity index (χ1) is 7.10. The number of anilines is 1. The van der Waals surface area contributed by atoms with Gasteiger partial charge in [0.2, 0.25) is 0 Å². The maximum absolute atomic E-state index is 5.75. The minimum absolute atomic E-state index is 0.111. The predicted octanol–water partition coefficient (Wildman–Crippen LogP) is 1.01. The molecule has 1 atom stereocenters. The van der Waals surface area contributed by atoms with Gasteiger partial charge in [0.15, 0.2) is 0 Å². The molecule has 2 heterocycles. The van der Waals surface area contributed by atoms with Gasteiger partial charge in [-0.3, -0.25) is 0 Å². The van der Waals surface area contributed by atoms with Gasteiger partial charge in [0.05, 0.1) is 5.69 Å². The lowest BCUT2D eigenvalue weighted by Crippen LogP contribution is -2.41. The normalized spacial score (nSPS) is 26.5. The fourth-order valence-electron chi connectivity index (χ4n) is 2.17. The summed E-state index contributed by atoms with van der Waals surface area (Å²) in [4.78, 5) is 8.60. The summed E-state index contributed by atoms with van der Waals surface area (Å²) in [5.41, 5.74) is 6.93. The maximum Gasteiger partial charge on any atom is 0.127 e. The molecule has 1 aromatic heterocycles. The van der Waals surface area contributed by atoms with Crippen LogP contribution in [0, 0.1) is 6.92 Å². The van der Waals surface area contributed by atoms with Crippen LogP contribution in [0.5, 0.6) is 0 Å². The molecule has 1 aliphatic heterocycles. The van der Waals surface area contributed by atoms with Gasteiger partial charge in [-0.1, -0.05) is 6.92 Å².